The molecule has 0 saturated carbocycles. The highest BCUT2D eigenvalue weighted by Gasteiger charge is 2.49. The van der Waals surface area contributed by atoms with Gasteiger partial charge in [0.1, 0.15) is 41.0 Å². The molecule has 0 aromatic heterocycles. The van der Waals surface area contributed by atoms with Gasteiger partial charge in [0.05, 0.1) is 28.9 Å². The molecule has 9 nitrogen and oxygen atoms in total. The summed E-state index contributed by atoms with van der Waals surface area (Å²) in [6.45, 7) is 14.2. The summed E-state index contributed by atoms with van der Waals surface area (Å²) in [5, 5.41) is 24.2. The van der Waals surface area contributed by atoms with Crippen LogP contribution in [0.4, 0.5) is 0 Å². The molecule has 2 heterocycles. The number of benzene rings is 3. The number of phenolic OH excluding ortho intramolecular Hbond substituents is 1. The lowest BCUT2D eigenvalue weighted by atomic mass is 9.71. The Bertz CT molecular complexity index is 1560. The van der Waals surface area contributed by atoms with Crippen molar-refractivity contribution in [2.75, 3.05) is 32.8 Å². The highest BCUT2D eigenvalue weighted by Crippen LogP contribution is 2.54. The molecule has 5 rings (SSSR count). The second-order valence-corrected chi connectivity index (χ2v) is 14.6. The van der Waals surface area contributed by atoms with Gasteiger partial charge in [-0.05, 0) is 103 Å². The number of rotatable bonds is 8. The molecule has 0 amide bonds. The van der Waals surface area contributed by atoms with E-state index in [1.807, 2.05) is 12.1 Å². The second kappa shape index (κ2) is 13.6. The first-order valence-electron chi connectivity index (χ1n) is 16.4. The van der Waals surface area contributed by atoms with Crippen molar-refractivity contribution in [2.45, 2.75) is 72.3 Å². The van der Waals surface area contributed by atoms with E-state index in [9.17, 15) is 19.8 Å². The zero-order valence-electron chi connectivity index (χ0n) is 28.3. The summed E-state index contributed by atoms with van der Waals surface area (Å²) in [7, 11) is 0. The standard InChI is InChI=1S/C38H47NO8/c1-36(2,3)34(41)46-28-14-10-25(11-15-28)30-24-45-32-23-29(47-35(42)37(4,5)6)22-31(40)33(32)38(30,43)26-12-16-27(17-13-26)44-21-20-39-18-8-7-9-19-39/h10-17,22-23,30,40,43H,7-9,18-21,24H2,1-6H3. The fourth-order valence-corrected chi connectivity index (χ4v) is 5.85. The van der Waals surface area contributed by atoms with Crippen LogP contribution in [0.25, 0.3) is 0 Å². The number of hydrogen-bond donors (Lipinski definition) is 2. The van der Waals surface area contributed by atoms with Crippen LogP contribution in [0.2, 0.25) is 0 Å². The zero-order chi connectivity index (χ0) is 34.0. The molecule has 2 atom stereocenters. The Morgan fingerprint density at radius 3 is 2.00 bits per heavy atom. The number of nitrogens with zero attached hydrogens (tertiary/aromatic N) is 1. The molecular weight excluding hydrogens is 598 g/mol. The third kappa shape index (κ3) is 7.74. The van der Waals surface area contributed by atoms with Crippen molar-refractivity contribution >= 4 is 11.9 Å². The normalized spacial score (nSPS) is 20.1. The van der Waals surface area contributed by atoms with E-state index in [2.05, 4.69) is 4.90 Å². The third-order valence-corrected chi connectivity index (χ3v) is 8.69. The van der Waals surface area contributed by atoms with Gasteiger partial charge in [-0.15, -0.1) is 0 Å². The molecule has 2 aliphatic rings. The molecule has 252 valence electrons. The smallest absolute Gasteiger partial charge is 0.316 e. The van der Waals surface area contributed by atoms with E-state index in [1.54, 1.807) is 77.9 Å². The van der Waals surface area contributed by atoms with E-state index >= 15 is 0 Å². The Morgan fingerprint density at radius 1 is 0.830 bits per heavy atom. The van der Waals surface area contributed by atoms with Crippen LogP contribution < -0.4 is 18.9 Å². The van der Waals surface area contributed by atoms with Gasteiger partial charge in [0, 0.05) is 18.7 Å². The van der Waals surface area contributed by atoms with Crippen LogP contribution in [-0.2, 0) is 15.2 Å². The number of ether oxygens (including phenoxy) is 4. The largest absolute Gasteiger partial charge is 0.507 e. The van der Waals surface area contributed by atoms with E-state index in [4.69, 9.17) is 18.9 Å². The SMILES string of the molecule is CC(C)(C)C(=O)Oc1ccc(C2COc3cc(OC(=O)C(C)(C)C)cc(O)c3C2(O)c2ccc(OCCN3CCCCC3)cc2)cc1. The number of likely N-dealkylation sites (tertiary alicyclic amines) is 1. The Labute approximate surface area is 277 Å². The maximum absolute atomic E-state index is 12.8. The van der Waals surface area contributed by atoms with Crippen molar-refractivity contribution in [2.24, 2.45) is 10.8 Å². The average molecular weight is 646 g/mol. The van der Waals surface area contributed by atoms with Gasteiger partial charge in [-0.25, -0.2) is 0 Å². The summed E-state index contributed by atoms with van der Waals surface area (Å²) in [5.41, 5.74) is -1.79. The van der Waals surface area contributed by atoms with Crippen molar-refractivity contribution in [3.8, 4) is 28.7 Å². The first-order valence-corrected chi connectivity index (χ1v) is 16.4. The summed E-state index contributed by atoms with van der Waals surface area (Å²) >= 11 is 0. The monoisotopic (exact) mass is 645 g/mol. The molecule has 2 aliphatic heterocycles. The van der Waals surface area contributed by atoms with Crippen LogP contribution in [0.3, 0.4) is 0 Å². The van der Waals surface area contributed by atoms with Crippen molar-refractivity contribution < 1.29 is 38.7 Å². The summed E-state index contributed by atoms with van der Waals surface area (Å²) in [6.07, 6.45) is 3.72. The molecular formula is C38H47NO8. The summed E-state index contributed by atoms with van der Waals surface area (Å²) in [4.78, 5) is 27.5. The van der Waals surface area contributed by atoms with Crippen LogP contribution in [0.5, 0.6) is 28.7 Å². The molecule has 0 bridgehead atoms. The van der Waals surface area contributed by atoms with E-state index in [0.717, 1.165) is 19.6 Å². The van der Waals surface area contributed by atoms with Gasteiger partial charge in [-0.2, -0.15) is 0 Å². The Hall–Kier alpha value is -4.08. The Morgan fingerprint density at radius 2 is 1.40 bits per heavy atom. The van der Waals surface area contributed by atoms with E-state index < -0.39 is 28.3 Å². The fourth-order valence-electron chi connectivity index (χ4n) is 5.85. The number of esters is 2. The molecule has 1 fully saturated rings. The molecule has 0 radical (unpaired) electrons. The maximum atomic E-state index is 12.8. The average Bonchev–Trinajstić information content (AvgIpc) is 3.01. The molecule has 2 unspecified atom stereocenters. The number of carbonyl (C=O) groups is 2. The molecule has 0 aliphatic carbocycles. The van der Waals surface area contributed by atoms with Crippen LogP contribution >= 0.6 is 0 Å². The lowest BCUT2D eigenvalue weighted by Gasteiger charge is -2.42. The fraction of sp³-hybridized carbons (Fsp3) is 0.474. The molecule has 1 saturated heterocycles. The van der Waals surface area contributed by atoms with Gasteiger partial charge in [0.2, 0.25) is 0 Å². The molecule has 0 spiro atoms. The number of phenols is 1. The minimum Gasteiger partial charge on any atom is -0.507 e. The van der Waals surface area contributed by atoms with Gasteiger partial charge >= 0.3 is 11.9 Å². The topological polar surface area (TPSA) is 115 Å². The Kier molecular flexibility index (Phi) is 9.89. The van der Waals surface area contributed by atoms with Crippen molar-refractivity contribution in [1.82, 2.24) is 4.90 Å². The minimum absolute atomic E-state index is 0.0504. The molecule has 47 heavy (non-hydrogen) atoms. The quantitative estimate of drug-likeness (QED) is 0.207. The number of carbonyl (C=O) groups excluding carboxylic acids is 2. The maximum Gasteiger partial charge on any atom is 0.316 e. The van der Waals surface area contributed by atoms with Crippen molar-refractivity contribution in [3.05, 3.63) is 77.4 Å². The molecule has 2 N–H and O–H groups in total. The highest BCUT2D eigenvalue weighted by molar-refractivity contribution is 5.79. The number of aromatic hydroxyl groups is 1. The third-order valence-electron chi connectivity index (χ3n) is 8.69. The second-order valence-electron chi connectivity index (χ2n) is 14.6. The van der Waals surface area contributed by atoms with Gasteiger partial charge in [0.15, 0.2) is 0 Å². The van der Waals surface area contributed by atoms with Crippen molar-refractivity contribution in [1.29, 1.82) is 0 Å². The van der Waals surface area contributed by atoms with Gasteiger partial charge in [-0.3, -0.25) is 14.5 Å². The molecule has 9 heteroatoms. The lowest BCUT2D eigenvalue weighted by Crippen LogP contribution is -2.42. The Balaban J connectivity index is 1.47. The van der Waals surface area contributed by atoms with Crippen LogP contribution in [0.15, 0.2) is 60.7 Å². The predicted octanol–water partition coefficient (Wildman–Crippen LogP) is 6.57. The first kappa shape index (κ1) is 34.3. The van der Waals surface area contributed by atoms with Gasteiger partial charge < -0.3 is 29.2 Å². The minimum atomic E-state index is -1.75. The summed E-state index contributed by atoms with van der Waals surface area (Å²) < 4.78 is 23.3. The zero-order valence-corrected chi connectivity index (χ0v) is 28.3. The van der Waals surface area contributed by atoms with E-state index in [1.165, 1.54) is 31.4 Å². The van der Waals surface area contributed by atoms with E-state index in [0.29, 0.717) is 29.2 Å². The lowest BCUT2D eigenvalue weighted by molar-refractivity contribution is -0.143. The van der Waals surface area contributed by atoms with Crippen LogP contribution in [-0.4, -0.2) is 59.9 Å². The van der Waals surface area contributed by atoms with Gasteiger partial charge in [-0.1, -0.05) is 30.7 Å². The molecule has 3 aromatic rings. The van der Waals surface area contributed by atoms with Gasteiger partial charge in [0.25, 0.3) is 0 Å². The highest BCUT2D eigenvalue weighted by atomic mass is 16.5. The number of hydrogen-bond acceptors (Lipinski definition) is 9. The van der Waals surface area contributed by atoms with Crippen molar-refractivity contribution in [3.63, 3.8) is 0 Å². The number of aliphatic hydroxyl groups is 1. The number of fused-ring (bicyclic) bond motifs is 1. The predicted molar refractivity (Wildman–Crippen MR) is 178 cm³/mol. The number of piperidine rings is 1. The van der Waals surface area contributed by atoms with E-state index in [-0.39, 0.29) is 35.4 Å². The molecule has 3 aromatic carbocycles. The summed E-state index contributed by atoms with van der Waals surface area (Å²) in [6, 6.07) is 17.0. The van der Waals surface area contributed by atoms with Crippen LogP contribution in [0, 0.1) is 10.8 Å². The first-order chi connectivity index (χ1) is 22.2. The summed E-state index contributed by atoms with van der Waals surface area (Å²) in [5.74, 6) is -0.384. The van der Waals surface area contributed by atoms with Crippen LogP contribution in [0.1, 0.15) is 83.4 Å².